The van der Waals surface area contributed by atoms with Gasteiger partial charge in [0.1, 0.15) is 0 Å². The Morgan fingerprint density at radius 3 is 2.14 bits per heavy atom. The van der Waals surface area contributed by atoms with Crippen molar-refractivity contribution < 1.29 is 30.3 Å². The monoisotopic (exact) mass is 679 g/mol. The Balaban J connectivity index is 0.000000201. The van der Waals surface area contributed by atoms with Crippen molar-refractivity contribution in [3.63, 3.8) is 0 Å². The van der Waals surface area contributed by atoms with E-state index < -0.39 is 0 Å². The molecule has 203 valence electrons. The van der Waals surface area contributed by atoms with Crippen LogP contribution in [0, 0.1) is 35.7 Å². The fourth-order valence-corrected chi connectivity index (χ4v) is 7.22. The molecule has 2 fully saturated rings. The minimum Gasteiger partial charge on any atom is -0.392 e. The maximum absolute atomic E-state index is 10.9. The third-order valence-electron chi connectivity index (χ3n) is 9.93. The quantitative estimate of drug-likeness (QED) is 0.272. The Morgan fingerprint density at radius 2 is 1.51 bits per heavy atom. The van der Waals surface area contributed by atoms with Gasteiger partial charge >= 0.3 is 0 Å². The third kappa shape index (κ3) is 5.59. The van der Waals surface area contributed by atoms with Crippen LogP contribution >= 0.6 is 0 Å². The summed E-state index contributed by atoms with van der Waals surface area (Å²) in [6, 6.07) is 21.5. The molecule has 0 spiro atoms. The van der Waals surface area contributed by atoms with E-state index in [-0.39, 0.29) is 49.1 Å². The molecule has 2 N–H and O–H groups in total. The molecule has 2 saturated carbocycles. The number of aliphatic hydroxyl groups excluding tert-OH is 2. The second-order valence-electron chi connectivity index (χ2n) is 11.2. The van der Waals surface area contributed by atoms with Gasteiger partial charge in [0, 0.05) is 31.4 Å². The van der Waals surface area contributed by atoms with E-state index in [9.17, 15) is 10.2 Å². The second kappa shape index (κ2) is 12.5. The van der Waals surface area contributed by atoms with Gasteiger partial charge in [0.05, 0.1) is 17.7 Å². The molecule has 2 aromatic carbocycles. The largest absolute Gasteiger partial charge is 0.392 e. The van der Waals surface area contributed by atoms with Crippen molar-refractivity contribution in [3.05, 3.63) is 66.2 Å². The van der Waals surface area contributed by atoms with Crippen molar-refractivity contribution in [2.24, 2.45) is 22.7 Å². The molecule has 0 bridgehead atoms. The van der Waals surface area contributed by atoms with Crippen molar-refractivity contribution in [3.8, 4) is 11.3 Å². The number of hydrogen-bond acceptors (Lipinski definition) is 3. The zero-order valence-electron chi connectivity index (χ0n) is 23.1. The topological polar surface area (TPSA) is 53.4 Å². The van der Waals surface area contributed by atoms with Crippen LogP contribution in [0.1, 0.15) is 78.2 Å². The first-order valence-electron chi connectivity index (χ1n) is 14.0. The Hall–Kier alpha value is -1.58. The van der Waals surface area contributed by atoms with Crippen molar-refractivity contribution in [2.45, 2.75) is 91.8 Å². The van der Waals surface area contributed by atoms with E-state index in [1.165, 1.54) is 17.4 Å². The fourth-order valence-electron chi connectivity index (χ4n) is 7.22. The Labute approximate surface area is 237 Å². The molecule has 1 aromatic heterocycles. The number of nitrogens with zero attached hydrogens (tertiary/aromatic N) is 1. The first-order chi connectivity index (χ1) is 17.3. The SMILES string of the molecule is CCC1(CC)CCC2CC(CC)(CC)C(O)C2C1O.Cc1cc(-c2[c-]cccc2)nc2ccccc12.[Ir]. The number of pyridine rings is 1. The van der Waals surface area contributed by atoms with Gasteiger partial charge in [-0.2, -0.15) is 0 Å². The van der Waals surface area contributed by atoms with Gasteiger partial charge in [-0.15, -0.1) is 35.9 Å². The van der Waals surface area contributed by atoms with Gasteiger partial charge < -0.3 is 10.2 Å². The van der Waals surface area contributed by atoms with Crippen LogP contribution in [0.5, 0.6) is 0 Å². The molecule has 1 heterocycles. The second-order valence-corrected chi connectivity index (χ2v) is 11.2. The van der Waals surface area contributed by atoms with Crippen molar-refractivity contribution in [1.82, 2.24) is 4.98 Å². The normalized spacial score (nSPS) is 25.5. The van der Waals surface area contributed by atoms with E-state index in [2.05, 4.69) is 63.9 Å². The van der Waals surface area contributed by atoms with Crippen molar-refractivity contribution in [1.29, 1.82) is 0 Å². The Kier molecular flexibility index (Phi) is 10.1. The molecule has 4 unspecified atom stereocenters. The molecule has 4 atom stereocenters. The first-order valence-corrected chi connectivity index (χ1v) is 14.0. The summed E-state index contributed by atoms with van der Waals surface area (Å²) in [5.41, 5.74) is 4.44. The van der Waals surface area contributed by atoms with Crippen LogP contribution in [0.15, 0.2) is 54.6 Å². The first kappa shape index (κ1) is 30.0. The number of aliphatic hydroxyl groups is 2. The average Bonchev–Trinajstić information content (AvgIpc) is 3.22. The van der Waals surface area contributed by atoms with Crippen LogP contribution in [-0.4, -0.2) is 27.4 Å². The van der Waals surface area contributed by atoms with Crippen LogP contribution in [0.25, 0.3) is 22.2 Å². The molecule has 0 amide bonds. The Morgan fingerprint density at radius 1 is 0.892 bits per heavy atom. The zero-order chi connectivity index (χ0) is 25.9. The number of rotatable bonds is 5. The van der Waals surface area contributed by atoms with Gasteiger partial charge in [0.25, 0.3) is 0 Å². The van der Waals surface area contributed by atoms with Crippen LogP contribution in [0.2, 0.25) is 0 Å². The number of para-hydroxylation sites is 1. The third-order valence-corrected chi connectivity index (χ3v) is 9.93. The van der Waals surface area contributed by atoms with Crippen molar-refractivity contribution in [2.75, 3.05) is 0 Å². The summed E-state index contributed by atoms with van der Waals surface area (Å²) in [4.78, 5) is 4.68. The summed E-state index contributed by atoms with van der Waals surface area (Å²) in [5.74, 6) is 0.657. The van der Waals surface area contributed by atoms with Gasteiger partial charge in [-0.3, -0.25) is 4.98 Å². The molecule has 0 aliphatic heterocycles. The molecule has 2 aliphatic rings. The molecule has 3 nitrogen and oxygen atoms in total. The van der Waals surface area contributed by atoms with Gasteiger partial charge in [-0.1, -0.05) is 52.0 Å². The van der Waals surface area contributed by atoms with E-state index in [4.69, 9.17) is 0 Å². The zero-order valence-corrected chi connectivity index (χ0v) is 25.5. The van der Waals surface area contributed by atoms with Crippen molar-refractivity contribution >= 4 is 10.9 Å². The fraction of sp³-hybridized carbons (Fsp3) is 0.545. The maximum Gasteiger partial charge on any atom is 0.0651 e. The molecule has 4 heteroatoms. The predicted octanol–water partition coefficient (Wildman–Crippen LogP) is 7.76. The number of benzene rings is 2. The minimum absolute atomic E-state index is 0. The minimum atomic E-state index is -0.309. The Bertz CT molecular complexity index is 1130. The molecular weight excluding hydrogens is 635 g/mol. The van der Waals surface area contributed by atoms with Crippen LogP contribution in [0.3, 0.4) is 0 Å². The maximum atomic E-state index is 10.9. The van der Waals surface area contributed by atoms with Gasteiger partial charge in [0.2, 0.25) is 0 Å². The van der Waals surface area contributed by atoms with Crippen LogP contribution < -0.4 is 0 Å². The number of aromatic nitrogens is 1. The summed E-state index contributed by atoms with van der Waals surface area (Å²) in [6.45, 7) is 10.9. The van der Waals surface area contributed by atoms with E-state index in [0.717, 1.165) is 55.3 Å². The number of aryl methyl sites for hydroxylation is 1. The molecule has 37 heavy (non-hydrogen) atoms. The summed E-state index contributed by atoms with van der Waals surface area (Å²) >= 11 is 0. The van der Waals surface area contributed by atoms with Gasteiger partial charge in [0.15, 0.2) is 0 Å². The predicted molar refractivity (Wildman–Crippen MR) is 150 cm³/mol. The molecule has 2 aliphatic carbocycles. The molecular formula is C33H44IrNO2-. The molecule has 0 saturated heterocycles. The van der Waals surface area contributed by atoms with Gasteiger partial charge in [-0.05, 0) is 85.9 Å². The summed E-state index contributed by atoms with van der Waals surface area (Å²) < 4.78 is 0. The molecule has 5 rings (SSSR count). The van der Waals surface area contributed by atoms with E-state index in [0.29, 0.717) is 5.92 Å². The summed E-state index contributed by atoms with van der Waals surface area (Å²) in [5, 5.41) is 23.0. The number of fused-ring (bicyclic) bond motifs is 2. The van der Waals surface area contributed by atoms with Crippen LogP contribution in [-0.2, 0) is 20.1 Å². The smallest absolute Gasteiger partial charge is 0.0651 e. The van der Waals surface area contributed by atoms with E-state index in [1.807, 2.05) is 36.4 Å². The van der Waals surface area contributed by atoms with Crippen LogP contribution in [0.4, 0.5) is 0 Å². The van der Waals surface area contributed by atoms with E-state index in [1.54, 1.807) is 0 Å². The van der Waals surface area contributed by atoms with E-state index >= 15 is 0 Å². The summed E-state index contributed by atoms with van der Waals surface area (Å²) in [6.07, 6.45) is 6.98. The number of hydrogen-bond donors (Lipinski definition) is 2. The average molecular weight is 679 g/mol. The van der Waals surface area contributed by atoms with Gasteiger partial charge in [-0.25, -0.2) is 0 Å². The molecule has 1 radical (unpaired) electrons. The summed E-state index contributed by atoms with van der Waals surface area (Å²) in [7, 11) is 0. The standard InChI is InChI=1S/C17H32O2.C16H12N.Ir/c1-5-16(6-2)10-9-12-11-17(7-3,8-4)15(19)13(12)14(16)18;1-12-11-16(13-7-3-2-4-8-13)17-15-10-6-5-9-14(12)15;/h12-15,18-19H,5-11H2,1-4H3;2-7,9-11H,1H3;/q;-1;. The molecule has 3 aromatic rings.